The van der Waals surface area contributed by atoms with Crippen molar-refractivity contribution in [3.8, 4) is 0 Å². The fourth-order valence-corrected chi connectivity index (χ4v) is 2.53. The second kappa shape index (κ2) is 7.77. The van der Waals surface area contributed by atoms with Gasteiger partial charge in [0, 0.05) is 13.2 Å². The molecule has 112 valence electrons. The van der Waals surface area contributed by atoms with Gasteiger partial charge in [-0.2, -0.15) is 0 Å². The Morgan fingerprint density at radius 1 is 1.15 bits per heavy atom. The smallest absolute Gasteiger partial charge is 0.0665 e. The van der Waals surface area contributed by atoms with Crippen molar-refractivity contribution in [3.63, 3.8) is 0 Å². The van der Waals surface area contributed by atoms with Crippen LogP contribution in [0.5, 0.6) is 0 Å². The van der Waals surface area contributed by atoms with Gasteiger partial charge >= 0.3 is 0 Å². The lowest BCUT2D eigenvalue weighted by molar-refractivity contribution is -0.0378. The first-order chi connectivity index (χ1) is 9.70. The Balaban J connectivity index is 1.89. The maximum absolute atomic E-state index is 6.03. The Kier molecular flexibility index (Phi) is 6.02. The summed E-state index contributed by atoms with van der Waals surface area (Å²) in [4.78, 5) is 0. The molecule has 1 heterocycles. The maximum Gasteiger partial charge on any atom is 0.0665 e. The Hall–Kier alpha value is -0.900. The van der Waals surface area contributed by atoms with Gasteiger partial charge in [0.15, 0.2) is 0 Å². The molecular weight excluding hydrogens is 250 g/mol. The van der Waals surface area contributed by atoms with Crippen LogP contribution in [-0.4, -0.2) is 33.0 Å². The first kappa shape index (κ1) is 15.5. The van der Waals surface area contributed by atoms with E-state index in [2.05, 4.69) is 43.4 Å². The summed E-state index contributed by atoms with van der Waals surface area (Å²) < 4.78 is 11.4. The summed E-state index contributed by atoms with van der Waals surface area (Å²) in [7, 11) is 1.99. The monoisotopic (exact) mass is 277 g/mol. The predicted octanol–water partition coefficient (Wildman–Crippen LogP) is 3.27. The molecule has 0 radical (unpaired) electrons. The summed E-state index contributed by atoms with van der Waals surface area (Å²) in [5, 5.41) is 3.35. The molecule has 0 aromatic heterocycles. The van der Waals surface area contributed by atoms with E-state index in [1.54, 1.807) is 0 Å². The largest absolute Gasteiger partial charge is 0.381 e. The Labute approximate surface area is 122 Å². The lowest BCUT2D eigenvalue weighted by atomic mass is 9.99. The third-order valence-electron chi connectivity index (χ3n) is 4.02. The molecule has 1 aliphatic rings. The van der Waals surface area contributed by atoms with Crippen LogP contribution in [0.3, 0.4) is 0 Å². The second-order valence-electron chi connectivity index (χ2n) is 5.81. The van der Waals surface area contributed by atoms with Gasteiger partial charge in [-0.05, 0) is 36.9 Å². The number of hydrogen-bond donors (Lipinski definition) is 1. The first-order valence-corrected chi connectivity index (χ1v) is 7.67. The highest BCUT2D eigenvalue weighted by atomic mass is 16.5. The van der Waals surface area contributed by atoms with Crippen molar-refractivity contribution in [2.45, 2.75) is 44.8 Å². The van der Waals surface area contributed by atoms with Gasteiger partial charge in [0.25, 0.3) is 0 Å². The molecular formula is C17H27NO2. The highest BCUT2D eigenvalue weighted by Crippen LogP contribution is 2.20. The van der Waals surface area contributed by atoms with Gasteiger partial charge in [-0.3, -0.25) is 0 Å². The average molecular weight is 277 g/mol. The van der Waals surface area contributed by atoms with Crippen molar-refractivity contribution in [3.05, 3.63) is 35.4 Å². The number of hydrogen-bond acceptors (Lipinski definition) is 3. The number of rotatable bonds is 6. The average Bonchev–Trinajstić information content (AvgIpc) is 2.49. The van der Waals surface area contributed by atoms with Crippen LogP contribution in [0.25, 0.3) is 0 Å². The SMILES string of the molecule is CNC(COC1CCOCC1)c1ccc(C(C)C)cc1. The highest BCUT2D eigenvalue weighted by molar-refractivity contribution is 5.26. The summed E-state index contributed by atoms with van der Waals surface area (Å²) in [6.07, 6.45) is 2.39. The molecule has 1 unspecified atom stereocenters. The Morgan fingerprint density at radius 2 is 1.75 bits per heavy atom. The molecule has 0 saturated carbocycles. The lowest BCUT2D eigenvalue weighted by Gasteiger charge is -2.25. The van der Waals surface area contributed by atoms with Crippen LogP contribution in [0.1, 0.15) is 49.8 Å². The zero-order valence-corrected chi connectivity index (χ0v) is 12.9. The van der Waals surface area contributed by atoms with E-state index in [0.29, 0.717) is 12.0 Å². The number of benzene rings is 1. The molecule has 1 aliphatic heterocycles. The van der Waals surface area contributed by atoms with Gasteiger partial charge in [0.2, 0.25) is 0 Å². The summed E-state index contributed by atoms with van der Waals surface area (Å²) in [6, 6.07) is 9.13. The van der Waals surface area contributed by atoms with Crippen LogP contribution in [0.4, 0.5) is 0 Å². The standard InChI is InChI=1S/C17H27NO2/c1-13(2)14-4-6-15(7-5-14)17(18-3)12-20-16-8-10-19-11-9-16/h4-7,13,16-18H,8-12H2,1-3H3. The van der Waals surface area contributed by atoms with Crippen molar-refractivity contribution < 1.29 is 9.47 Å². The molecule has 1 saturated heterocycles. The van der Waals surface area contributed by atoms with E-state index in [1.807, 2.05) is 7.05 Å². The minimum Gasteiger partial charge on any atom is -0.381 e. The topological polar surface area (TPSA) is 30.5 Å². The minimum absolute atomic E-state index is 0.263. The van der Waals surface area contributed by atoms with Crippen LogP contribution in [0.2, 0.25) is 0 Å². The molecule has 1 atom stereocenters. The van der Waals surface area contributed by atoms with E-state index >= 15 is 0 Å². The lowest BCUT2D eigenvalue weighted by Crippen LogP contribution is -2.28. The molecule has 0 aliphatic carbocycles. The molecule has 1 N–H and O–H groups in total. The second-order valence-corrected chi connectivity index (χ2v) is 5.81. The van der Waals surface area contributed by atoms with Crippen molar-refractivity contribution in [1.29, 1.82) is 0 Å². The summed E-state index contributed by atoms with van der Waals surface area (Å²) in [5.41, 5.74) is 2.68. The minimum atomic E-state index is 0.263. The highest BCUT2D eigenvalue weighted by Gasteiger charge is 2.17. The molecule has 1 aromatic rings. The number of likely N-dealkylation sites (N-methyl/N-ethyl adjacent to an activating group) is 1. The van der Waals surface area contributed by atoms with E-state index in [0.717, 1.165) is 32.7 Å². The van der Waals surface area contributed by atoms with E-state index < -0.39 is 0 Å². The van der Waals surface area contributed by atoms with Crippen molar-refractivity contribution in [1.82, 2.24) is 5.32 Å². The van der Waals surface area contributed by atoms with Crippen molar-refractivity contribution in [2.75, 3.05) is 26.9 Å². The summed E-state index contributed by atoms with van der Waals surface area (Å²) >= 11 is 0. The van der Waals surface area contributed by atoms with E-state index in [9.17, 15) is 0 Å². The van der Waals surface area contributed by atoms with Crippen LogP contribution in [-0.2, 0) is 9.47 Å². The van der Waals surface area contributed by atoms with Gasteiger partial charge in [0.05, 0.1) is 18.8 Å². The Morgan fingerprint density at radius 3 is 2.30 bits per heavy atom. The summed E-state index contributed by atoms with van der Waals surface area (Å²) in [6.45, 7) is 6.83. The fourth-order valence-electron chi connectivity index (χ4n) is 2.53. The number of ether oxygens (including phenoxy) is 2. The quantitative estimate of drug-likeness (QED) is 0.865. The molecule has 0 bridgehead atoms. The molecule has 1 fully saturated rings. The van der Waals surface area contributed by atoms with Gasteiger partial charge in [0.1, 0.15) is 0 Å². The molecule has 0 spiro atoms. The third-order valence-corrected chi connectivity index (χ3v) is 4.02. The maximum atomic E-state index is 6.03. The van der Waals surface area contributed by atoms with E-state index in [1.165, 1.54) is 11.1 Å². The molecule has 0 amide bonds. The van der Waals surface area contributed by atoms with Crippen LogP contribution >= 0.6 is 0 Å². The first-order valence-electron chi connectivity index (χ1n) is 7.67. The molecule has 3 heteroatoms. The molecule has 20 heavy (non-hydrogen) atoms. The van der Waals surface area contributed by atoms with Crippen LogP contribution in [0.15, 0.2) is 24.3 Å². The molecule has 3 nitrogen and oxygen atoms in total. The van der Waals surface area contributed by atoms with Crippen molar-refractivity contribution in [2.24, 2.45) is 0 Å². The van der Waals surface area contributed by atoms with Crippen molar-refractivity contribution >= 4 is 0 Å². The van der Waals surface area contributed by atoms with Gasteiger partial charge in [-0.1, -0.05) is 38.1 Å². The van der Waals surface area contributed by atoms with Crippen LogP contribution in [0, 0.1) is 0 Å². The summed E-state index contributed by atoms with van der Waals surface area (Å²) in [5.74, 6) is 0.579. The zero-order chi connectivity index (χ0) is 14.4. The Bertz CT molecular complexity index is 382. The fraction of sp³-hybridized carbons (Fsp3) is 0.647. The zero-order valence-electron chi connectivity index (χ0n) is 12.9. The van der Waals surface area contributed by atoms with Gasteiger partial charge < -0.3 is 14.8 Å². The number of nitrogens with one attached hydrogen (secondary N) is 1. The van der Waals surface area contributed by atoms with E-state index in [4.69, 9.17) is 9.47 Å². The van der Waals surface area contributed by atoms with Gasteiger partial charge in [-0.15, -0.1) is 0 Å². The normalized spacial score (nSPS) is 18.4. The molecule has 1 aromatic carbocycles. The van der Waals surface area contributed by atoms with E-state index in [-0.39, 0.29) is 6.04 Å². The third kappa shape index (κ3) is 4.30. The molecule has 2 rings (SSSR count). The van der Waals surface area contributed by atoms with Gasteiger partial charge in [-0.25, -0.2) is 0 Å². The van der Waals surface area contributed by atoms with Crippen LogP contribution < -0.4 is 5.32 Å². The predicted molar refractivity (Wildman–Crippen MR) is 82.1 cm³/mol.